The third-order valence-corrected chi connectivity index (χ3v) is 6.59. The maximum absolute atomic E-state index is 13.4. The lowest BCUT2D eigenvalue weighted by atomic mass is 9.99. The Labute approximate surface area is 191 Å². The average molecular weight is 430 g/mol. The molecule has 1 aliphatic rings. The molecule has 4 rings (SSSR count). The molecule has 3 aromatic rings. The minimum atomic E-state index is -0.239. The van der Waals surface area contributed by atoms with Crippen LogP contribution < -0.4 is 15.5 Å². The molecule has 4 heteroatoms. The van der Waals surface area contributed by atoms with Crippen molar-refractivity contribution in [3.8, 4) is 0 Å². The number of carbonyl (C=O) groups is 1. The second kappa shape index (κ2) is 10.6. The van der Waals surface area contributed by atoms with Crippen molar-refractivity contribution >= 4 is 11.6 Å². The zero-order valence-electron chi connectivity index (χ0n) is 19.2. The number of amides is 1. The normalized spacial score (nSPS) is 19.3. The van der Waals surface area contributed by atoms with Gasteiger partial charge >= 0.3 is 0 Å². The molecule has 4 N–H and O–H groups in total. The number of aryl methyl sites for hydroxylation is 2. The molecule has 1 heterocycles. The van der Waals surface area contributed by atoms with Crippen molar-refractivity contribution in [3.05, 3.63) is 101 Å². The lowest BCUT2D eigenvalue weighted by Crippen LogP contribution is -3.13. The number of quaternary nitrogens is 2. The van der Waals surface area contributed by atoms with Crippen LogP contribution in [0.4, 0.5) is 5.69 Å². The number of nitrogens with two attached hydrogens (primary N) is 1. The van der Waals surface area contributed by atoms with E-state index in [9.17, 15) is 4.79 Å². The number of likely N-dealkylation sites (tertiary alicyclic amines) is 1. The molecule has 0 unspecified atom stereocenters. The van der Waals surface area contributed by atoms with Crippen LogP contribution in [-0.4, -0.2) is 25.0 Å². The van der Waals surface area contributed by atoms with E-state index in [-0.39, 0.29) is 11.9 Å². The Bertz CT molecular complexity index is 1010. The van der Waals surface area contributed by atoms with E-state index in [2.05, 4.69) is 78.2 Å². The van der Waals surface area contributed by atoms with Crippen molar-refractivity contribution in [2.45, 2.75) is 45.3 Å². The molecule has 0 spiro atoms. The number of anilines is 1. The molecule has 4 nitrogen and oxygen atoms in total. The first-order chi connectivity index (χ1) is 15.6. The van der Waals surface area contributed by atoms with Crippen molar-refractivity contribution in [1.29, 1.82) is 0 Å². The van der Waals surface area contributed by atoms with Gasteiger partial charge < -0.3 is 15.5 Å². The second-order valence-electron chi connectivity index (χ2n) is 9.14. The number of piperidine rings is 1. The topological polar surface area (TPSA) is 50.1 Å². The van der Waals surface area contributed by atoms with Crippen LogP contribution in [0, 0.1) is 13.8 Å². The van der Waals surface area contributed by atoms with E-state index in [1.165, 1.54) is 5.56 Å². The van der Waals surface area contributed by atoms with Gasteiger partial charge in [-0.15, -0.1) is 0 Å². The van der Waals surface area contributed by atoms with E-state index in [0.717, 1.165) is 54.9 Å². The van der Waals surface area contributed by atoms with Gasteiger partial charge in [0.25, 0.3) is 5.91 Å². The van der Waals surface area contributed by atoms with Crippen LogP contribution in [-0.2, 0) is 11.3 Å². The van der Waals surface area contributed by atoms with Gasteiger partial charge in [-0.05, 0) is 31.0 Å². The number of rotatable bonds is 7. The molecule has 1 aliphatic heterocycles. The number of nitrogens with one attached hydrogen (secondary N) is 2. The van der Waals surface area contributed by atoms with Gasteiger partial charge in [0, 0.05) is 29.7 Å². The minimum Gasteiger partial charge on any atom is -0.331 e. The Kier molecular flexibility index (Phi) is 7.35. The zero-order chi connectivity index (χ0) is 22.3. The van der Waals surface area contributed by atoms with Crippen LogP contribution in [0.1, 0.15) is 41.1 Å². The Morgan fingerprint density at radius 1 is 0.969 bits per heavy atom. The van der Waals surface area contributed by atoms with E-state index in [1.807, 2.05) is 25.1 Å². The van der Waals surface area contributed by atoms with Crippen molar-refractivity contribution in [2.24, 2.45) is 0 Å². The van der Waals surface area contributed by atoms with Crippen LogP contribution in [0.15, 0.2) is 78.9 Å². The summed E-state index contributed by atoms with van der Waals surface area (Å²) >= 11 is 0. The summed E-state index contributed by atoms with van der Waals surface area (Å²) in [5.74, 6) is 0.0592. The molecule has 0 radical (unpaired) electrons. The fraction of sp³-hybridized carbons (Fsp3) is 0.321. The first-order valence-corrected chi connectivity index (χ1v) is 11.7. The summed E-state index contributed by atoms with van der Waals surface area (Å²) in [6.07, 6.45) is 2.25. The Hall–Kier alpha value is -2.95. The third kappa shape index (κ3) is 5.84. The second-order valence-corrected chi connectivity index (χ2v) is 9.14. The predicted octanol–water partition coefficient (Wildman–Crippen LogP) is 2.79. The Morgan fingerprint density at radius 2 is 1.62 bits per heavy atom. The highest BCUT2D eigenvalue weighted by atomic mass is 16.2. The van der Waals surface area contributed by atoms with Crippen LogP contribution in [0.25, 0.3) is 0 Å². The van der Waals surface area contributed by atoms with Crippen molar-refractivity contribution in [1.82, 2.24) is 0 Å². The smallest absolute Gasteiger partial charge is 0.287 e. The lowest BCUT2D eigenvalue weighted by molar-refractivity contribution is -0.926. The van der Waals surface area contributed by atoms with E-state index in [1.54, 1.807) is 4.90 Å². The lowest BCUT2D eigenvalue weighted by Gasteiger charge is -2.30. The molecule has 1 atom stereocenters. The molecule has 0 aromatic heterocycles. The highest BCUT2D eigenvalue weighted by molar-refractivity contribution is 5.95. The van der Waals surface area contributed by atoms with Gasteiger partial charge in [0.15, 0.2) is 6.04 Å². The summed E-state index contributed by atoms with van der Waals surface area (Å²) in [5, 5.41) is 5.51. The Morgan fingerprint density at radius 3 is 2.31 bits per heavy atom. The van der Waals surface area contributed by atoms with Crippen LogP contribution in [0.5, 0.6) is 0 Å². The monoisotopic (exact) mass is 429 g/mol. The van der Waals surface area contributed by atoms with Crippen LogP contribution in [0.3, 0.4) is 0 Å². The molecular weight excluding hydrogens is 394 g/mol. The highest BCUT2D eigenvalue weighted by Crippen LogP contribution is 2.19. The first-order valence-electron chi connectivity index (χ1n) is 11.7. The maximum atomic E-state index is 13.4. The van der Waals surface area contributed by atoms with Gasteiger partial charge in [0.1, 0.15) is 6.54 Å². The Balaban J connectivity index is 1.41. The van der Waals surface area contributed by atoms with Crippen molar-refractivity contribution < 1.29 is 15.0 Å². The molecule has 1 saturated heterocycles. The molecule has 0 aliphatic carbocycles. The molecule has 166 valence electrons. The van der Waals surface area contributed by atoms with E-state index >= 15 is 0 Å². The van der Waals surface area contributed by atoms with E-state index in [4.69, 9.17) is 0 Å². The summed E-state index contributed by atoms with van der Waals surface area (Å²) < 4.78 is 0. The predicted molar refractivity (Wildman–Crippen MR) is 130 cm³/mol. The number of hydrogen-bond donors (Lipinski definition) is 3. The molecule has 0 saturated carbocycles. The molecule has 1 fully saturated rings. The minimum absolute atomic E-state index is 0.0592. The van der Waals surface area contributed by atoms with Gasteiger partial charge in [-0.1, -0.05) is 72.8 Å². The zero-order valence-corrected chi connectivity index (χ0v) is 19.2. The van der Waals surface area contributed by atoms with Crippen molar-refractivity contribution in [3.63, 3.8) is 0 Å². The largest absolute Gasteiger partial charge is 0.331 e. The van der Waals surface area contributed by atoms with Crippen LogP contribution >= 0.6 is 0 Å². The standard InChI is InChI=1S/C28H33N3O/c1-21-13-14-22(2)26(19-21)30-28(32)27(24-11-7-4-8-12-24)29-25-15-17-31(18-16-25)20-23-9-5-3-6-10-23/h3-14,19,25,27,29H,15-18,20H2,1-2H3,(H,30,32)/p+2/t27-/m1/s1. The molecular formula is C28H35N3O+2. The summed E-state index contributed by atoms with van der Waals surface area (Å²) in [7, 11) is 0. The molecule has 32 heavy (non-hydrogen) atoms. The fourth-order valence-electron chi connectivity index (χ4n) is 4.67. The summed E-state index contributed by atoms with van der Waals surface area (Å²) in [6, 6.07) is 27.4. The van der Waals surface area contributed by atoms with E-state index in [0.29, 0.717) is 6.04 Å². The fourth-order valence-corrected chi connectivity index (χ4v) is 4.67. The average Bonchev–Trinajstić information content (AvgIpc) is 2.82. The molecule has 0 bridgehead atoms. The number of benzene rings is 3. The third-order valence-electron chi connectivity index (χ3n) is 6.59. The maximum Gasteiger partial charge on any atom is 0.287 e. The molecule has 3 aromatic carbocycles. The first kappa shape index (κ1) is 22.3. The number of hydrogen-bond acceptors (Lipinski definition) is 1. The van der Waals surface area contributed by atoms with Gasteiger partial charge in [-0.25, -0.2) is 0 Å². The quantitative estimate of drug-likeness (QED) is 0.532. The van der Waals surface area contributed by atoms with Crippen molar-refractivity contribution in [2.75, 3.05) is 18.4 Å². The molecule has 1 amide bonds. The highest BCUT2D eigenvalue weighted by Gasteiger charge is 2.32. The summed E-state index contributed by atoms with van der Waals surface area (Å²) in [5.41, 5.74) is 5.62. The SMILES string of the molecule is Cc1ccc(C)c(NC(=O)[C@H]([NH2+]C2CC[NH+](Cc3ccccc3)CC2)c2ccccc2)c1. The van der Waals surface area contributed by atoms with Gasteiger partial charge in [-0.3, -0.25) is 4.79 Å². The van der Waals surface area contributed by atoms with E-state index < -0.39 is 0 Å². The van der Waals surface area contributed by atoms with Crippen LogP contribution in [0.2, 0.25) is 0 Å². The number of carbonyl (C=O) groups excluding carboxylic acids is 1. The summed E-state index contributed by atoms with van der Waals surface area (Å²) in [4.78, 5) is 15.0. The van der Waals surface area contributed by atoms with Gasteiger partial charge in [0.05, 0.1) is 19.1 Å². The van der Waals surface area contributed by atoms with Gasteiger partial charge in [0.2, 0.25) is 0 Å². The van der Waals surface area contributed by atoms with Gasteiger partial charge in [-0.2, -0.15) is 0 Å². The summed E-state index contributed by atoms with van der Waals surface area (Å²) in [6.45, 7) is 7.48.